The van der Waals surface area contributed by atoms with Crippen molar-refractivity contribution in [1.29, 1.82) is 5.26 Å². The molecule has 1 aromatic heterocycles. The molecule has 2 fully saturated rings. The number of pyridine rings is 1. The first-order chi connectivity index (χ1) is 11.7. The monoisotopic (exact) mass is 324 g/mol. The van der Waals surface area contributed by atoms with Crippen LogP contribution in [0.5, 0.6) is 0 Å². The smallest absolute Gasteiger partial charge is 0.124 e. The van der Waals surface area contributed by atoms with Crippen LogP contribution in [0.4, 0.5) is 10.1 Å². The zero-order valence-corrected chi connectivity index (χ0v) is 13.9. The SMILES string of the molecule is Cc1cc(F)cc2c(N3CCN(CC4CC4)CC3)c(C#N)cnc12. The quantitative estimate of drug-likeness (QED) is 0.870. The van der Waals surface area contributed by atoms with Gasteiger partial charge in [-0.3, -0.25) is 9.88 Å². The van der Waals surface area contributed by atoms with Gasteiger partial charge in [-0.15, -0.1) is 0 Å². The van der Waals surface area contributed by atoms with Crippen LogP contribution in [0.2, 0.25) is 0 Å². The molecule has 1 aromatic carbocycles. The van der Waals surface area contributed by atoms with E-state index in [-0.39, 0.29) is 5.82 Å². The van der Waals surface area contributed by atoms with E-state index in [1.165, 1.54) is 31.5 Å². The van der Waals surface area contributed by atoms with E-state index < -0.39 is 0 Å². The van der Waals surface area contributed by atoms with Gasteiger partial charge in [0.25, 0.3) is 0 Å². The Morgan fingerprint density at radius 2 is 2.00 bits per heavy atom. The van der Waals surface area contributed by atoms with E-state index in [1.807, 2.05) is 6.92 Å². The van der Waals surface area contributed by atoms with E-state index in [2.05, 4.69) is 20.9 Å². The summed E-state index contributed by atoms with van der Waals surface area (Å²) >= 11 is 0. The van der Waals surface area contributed by atoms with E-state index in [1.54, 1.807) is 6.20 Å². The Balaban J connectivity index is 1.68. The molecule has 1 saturated carbocycles. The lowest BCUT2D eigenvalue weighted by Crippen LogP contribution is -2.47. The largest absolute Gasteiger partial charge is 0.367 e. The first-order valence-electron chi connectivity index (χ1n) is 8.62. The minimum atomic E-state index is -0.273. The van der Waals surface area contributed by atoms with Gasteiger partial charge in [0, 0.05) is 44.3 Å². The number of aryl methyl sites for hydroxylation is 1. The average molecular weight is 324 g/mol. The molecule has 1 aliphatic heterocycles. The van der Waals surface area contributed by atoms with Gasteiger partial charge >= 0.3 is 0 Å². The maximum Gasteiger partial charge on any atom is 0.124 e. The van der Waals surface area contributed by atoms with Crippen LogP contribution in [0.25, 0.3) is 10.9 Å². The van der Waals surface area contributed by atoms with Crippen molar-refractivity contribution in [3.05, 3.63) is 35.3 Å². The molecule has 2 aromatic rings. The molecule has 0 spiro atoms. The molecule has 0 bridgehead atoms. The molecule has 0 N–H and O–H groups in total. The number of piperazine rings is 1. The van der Waals surface area contributed by atoms with Crippen molar-refractivity contribution in [3.8, 4) is 6.07 Å². The number of aromatic nitrogens is 1. The second-order valence-corrected chi connectivity index (χ2v) is 6.98. The van der Waals surface area contributed by atoms with Crippen LogP contribution in [0.15, 0.2) is 18.3 Å². The number of rotatable bonds is 3. The fourth-order valence-electron chi connectivity index (χ4n) is 3.66. The zero-order chi connectivity index (χ0) is 16.7. The number of halogens is 1. The van der Waals surface area contributed by atoms with E-state index in [4.69, 9.17) is 0 Å². The minimum Gasteiger partial charge on any atom is -0.367 e. The maximum atomic E-state index is 14.0. The number of nitrogens with zero attached hydrogens (tertiary/aromatic N) is 4. The highest BCUT2D eigenvalue weighted by Gasteiger charge is 2.27. The lowest BCUT2D eigenvalue weighted by atomic mass is 10.0. The van der Waals surface area contributed by atoms with Crippen molar-refractivity contribution in [2.24, 2.45) is 5.92 Å². The van der Waals surface area contributed by atoms with Gasteiger partial charge in [0.2, 0.25) is 0 Å². The Kier molecular flexibility index (Phi) is 3.85. The first-order valence-corrected chi connectivity index (χ1v) is 8.62. The minimum absolute atomic E-state index is 0.273. The van der Waals surface area contributed by atoms with Crippen molar-refractivity contribution in [2.75, 3.05) is 37.6 Å². The molecule has 1 aliphatic carbocycles. The fraction of sp³-hybridized carbons (Fsp3) is 0.474. The van der Waals surface area contributed by atoms with Crippen LogP contribution in [0.1, 0.15) is 24.0 Å². The molecule has 4 nitrogen and oxygen atoms in total. The molecule has 4 rings (SSSR count). The van der Waals surface area contributed by atoms with Gasteiger partial charge in [0.15, 0.2) is 0 Å². The third-order valence-electron chi connectivity index (χ3n) is 5.12. The molecule has 0 atom stereocenters. The highest BCUT2D eigenvalue weighted by molar-refractivity contribution is 5.96. The standard InChI is InChI=1S/C19H21FN4/c1-13-8-16(20)9-17-18(13)22-11-15(10-21)19(17)24-6-4-23(5-7-24)12-14-2-3-14/h8-9,11,14H,2-7,12H2,1H3. The van der Waals surface area contributed by atoms with Crippen molar-refractivity contribution in [2.45, 2.75) is 19.8 Å². The number of nitriles is 1. The molecule has 1 saturated heterocycles. The van der Waals surface area contributed by atoms with Crippen molar-refractivity contribution in [3.63, 3.8) is 0 Å². The number of hydrogen-bond acceptors (Lipinski definition) is 4. The van der Waals surface area contributed by atoms with E-state index in [0.29, 0.717) is 5.56 Å². The summed E-state index contributed by atoms with van der Waals surface area (Å²) in [6, 6.07) is 5.25. The van der Waals surface area contributed by atoms with Crippen LogP contribution in [0, 0.1) is 30.0 Å². The highest BCUT2D eigenvalue weighted by Crippen LogP contribution is 2.33. The van der Waals surface area contributed by atoms with Gasteiger partial charge in [-0.25, -0.2) is 4.39 Å². The summed E-state index contributed by atoms with van der Waals surface area (Å²) in [5.41, 5.74) is 2.97. The third kappa shape index (κ3) is 2.83. The maximum absolute atomic E-state index is 14.0. The Bertz CT molecular complexity index is 814. The summed E-state index contributed by atoms with van der Waals surface area (Å²) < 4.78 is 14.0. The summed E-state index contributed by atoms with van der Waals surface area (Å²) in [6.45, 7) is 6.80. The van der Waals surface area contributed by atoms with Crippen molar-refractivity contribution >= 4 is 16.6 Å². The lowest BCUT2D eigenvalue weighted by molar-refractivity contribution is 0.248. The summed E-state index contributed by atoms with van der Waals surface area (Å²) in [6.07, 6.45) is 4.36. The van der Waals surface area contributed by atoms with Crippen molar-refractivity contribution in [1.82, 2.24) is 9.88 Å². The van der Waals surface area contributed by atoms with Crippen molar-refractivity contribution < 1.29 is 4.39 Å². The van der Waals surface area contributed by atoms with E-state index in [0.717, 1.165) is 54.3 Å². The van der Waals surface area contributed by atoms with Gasteiger partial charge in [-0.1, -0.05) is 0 Å². The molecule has 5 heteroatoms. The van der Waals surface area contributed by atoms with Crippen LogP contribution >= 0.6 is 0 Å². The van der Waals surface area contributed by atoms with Gasteiger partial charge in [0.05, 0.1) is 16.8 Å². The molecular formula is C19H21FN4. The molecular weight excluding hydrogens is 303 g/mol. The molecule has 0 radical (unpaired) electrons. The summed E-state index contributed by atoms with van der Waals surface area (Å²) in [7, 11) is 0. The lowest BCUT2D eigenvalue weighted by Gasteiger charge is -2.37. The highest BCUT2D eigenvalue weighted by atomic mass is 19.1. The van der Waals surface area contributed by atoms with E-state index >= 15 is 0 Å². The molecule has 0 unspecified atom stereocenters. The fourth-order valence-corrected chi connectivity index (χ4v) is 3.66. The second-order valence-electron chi connectivity index (χ2n) is 6.98. The molecule has 2 aliphatic rings. The molecule has 0 amide bonds. The third-order valence-corrected chi connectivity index (χ3v) is 5.12. The topological polar surface area (TPSA) is 43.2 Å². The number of benzene rings is 1. The average Bonchev–Trinajstić information content (AvgIpc) is 3.38. The van der Waals surface area contributed by atoms with Gasteiger partial charge in [-0.05, 0) is 43.4 Å². The number of hydrogen-bond donors (Lipinski definition) is 0. The Hall–Kier alpha value is -2.19. The molecule has 24 heavy (non-hydrogen) atoms. The Morgan fingerprint density at radius 3 is 2.67 bits per heavy atom. The predicted octanol–water partition coefficient (Wildman–Crippen LogP) is 3.09. The van der Waals surface area contributed by atoms with Crippen LogP contribution in [0.3, 0.4) is 0 Å². The first kappa shape index (κ1) is 15.3. The summed E-state index contributed by atoms with van der Waals surface area (Å²) in [4.78, 5) is 9.12. The number of anilines is 1. The van der Waals surface area contributed by atoms with E-state index in [9.17, 15) is 9.65 Å². The van der Waals surface area contributed by atoms with Crippen LogP contribution in [-0.4, -0.2) is 42.6 Å². The summed E-state index contributed by atoms with van der Waals surface area (Å²) in [5, 5.41) is 10.3. The Morgan fingerprint density at radius 1 is 1.25 bits per heavy atom. The summed E-state index contributed by atoms with van der Waals surface area (Å²) in [5.74, 6) is 0.621. The Labute approximate surface area is 141 Å². The predicted molar refractivity (Wildman–Crippen MR) is 92.5 cm³/mol. The van der Waals surface area contributed by atoms with Crippen LogP contribution in [-0.2, 0) is 0 Å². The zero-order valence-electron chi connectivity index (χ0n) is 13.9. The normalized spacial score (nSPS) is 18.8. The molecule has 124 valence electrons. The van der Waals surface area contributed by atoms with Gasteiger partial charge < -0.3 is 4.90 Å². The van der Waals surface area contributed by atoms with Crippen LogP contribution < -0.4 is 4.90 Å². The number of fused-ring (bicyclic) bond motifs is 1. The second kappa shape index (κ2) is 6.03. The van der Waals surface area contributed by atoms with Gasteiger partial charge in [0.1, 0.15) is 11.9 Å². The van der Waals surface area contributed by atoms with Gasteiger partial charge in [-0.2, -0.15) is 5.26 Å². The molecule has 2 heterocycles.